The van der Waals surface area contributed by atoms with E-state index >= 15 is 0 Å². The summed E-state index contributed by atoms with van der Waals surface area (Å²) in [6.07, 6.45) is -1.05. The molecule has 0 aromatic heterocycles. The number of aliphatic hydroxyl groups is 1. The number of hydrogen-bond acceptors (Lipinski definition) is 4. The zero-order chi connectivity index (χ0) is 15.7. The standard InChI is InChI=1S/C14H26N2O4/c1-13(2,3)15-11(18)10-9(17)7-8-16(10)12(19)20-14(4,5)6/h9-10,17H,7-8H2,1-6H3,(H,15,18)/t9-,10-/m0/s1. The summed E-state index contributed by atoms with van der Waals surface area (Å²) in [5.41, 5.74) is -1.05. The van der Waals surface area contributed by atoms with Crippen LogP contribution >= 0.6 is 0 Å². The summed E-state index contributed by atoms with van der Waals surface area (Å²) in [7, 11) is 0. The van der Waals surface area contributed by atoms with Crippen molar-refractivity contribution >= 4 is 12.0 Å². The molecule has 0 aliphatic carbocycles. The molecule has 6 nitrogen and oxygen atoms in total. The Hall–Kier alpha value is -1.30. The highest BCUT2D eigenvalue weighted by Gasteiger charge is 2.43. The van der Waals surface area contributed by atoms with Crippen LogP contribution in [0.5, 0.6) is 0 Å². The van der Waals surface area contributed by atoms with E-state index in [0.717, 1.165) is 0 Å². The van der Waals surface area contributed by atoms with Gasteiger partial charge in [-0.2, -0.15) is 0 Å². The van der Waals surface area contributed by atoms with Crippen molar-refractivity contribution in [1.29, 1.82) is 0 Å². The summed E-state index contributed by atoms with van der Waals surface area (Å²) in [5.74, 6) is -0.353. The first-order valence-corrected chi connectivity index (χ1v) is 6.90. The molecule has 0 saturated carbocycles. The Morgan fingerprint density at radius 1 is 1.20 bits per heavy atom. The number of carbonyl (C=O) groups excluding carboxylic acids is 2. The van der Waals surface area contributed by atoms with Gasteiger partial charge in [0.1, 0.15) is 11.6 Å². The van der Waals surface area contributed by atoms with Gasteiger partial charge in [-0.05, 0) is 48.0 Å². The fourth-order valence-corrected chi connectivity index (χ4v) is 2.06. The van der Waals surface area contributed by atoms with E-state index in [1.807, 2.05) is 20.8 Å². The number of aliphatic hydroxyl groups excluding tert-OH is 1. The normalized spacial score (nSPS) is 23.6. The first-order valence-electron chi connectivity index (χ1n) is 6.90. The molecule has 1 rings (SSSR count). The zero-order valence-electron chi connectivity index (χ0n) is 13.2. The number of nitrogens with zero attached hydrogens (tertiary/aromatic N) is 1. The Morgan fingerprint density at radius 2 is 1.75 bits per heavy atom. The lowest BCUT2D eigenvalue weighted by molar-refractivity contribution is -0.129. The number of nitrogens with one attached hydrogen (secondary N) is 1. The molecule has 1 aliphatic heterocycles. The second-order valence-corrected chi connectivity index (χ2v) is 7.21. The number of amides is 2. The molecular formula is C14H26N2O4. The van der Waals surface area contributed by atoms with Gasteiger partial charge < -0.3 is 15.2 Å². The van der Waals surface area contributed by atoms with E-state index in [-0.39, 0.29) is 5.91 Å². The van der Waals surface area contributed by atoms with Crippen LogP contribution in [0.25, 0.3) is 0 Å². The van der Waals surface area contributed by atoms with Crippen LogP contribution in [0.4, 0.5) is 4.79 Å². The Bertz CT molecular complexity index is 382. The molecule has 1 heterocycles. The number of ether oxygens (including phenoxy) is 1. The van der Waals surface area contributed by atoms with Gasteiger partial charge in [0.05, 0.1) is 6.10 Å². The van der Waals surface area contributed by atoms with Gasteiger partial charge in [0, 0.05) is 12.1 Å². The maximum atomic E-state index is 12.2. The molecule has 6 heteroatoms. The highest BCUT2D eigenvalue weighted by molar-refractivity contribution is 5.87. The SMILES string of the molecule is CC(C)(C)NC(=O)[C@@H]1[C@@H](O)CCN1C(=O)OC(C)(C)C. The highest BCUT2D eigenvalue weighted by atomic mass is 16.6. The highest BCUT2D eigenvalue weighted by Crippen LogP contribution is 2.22. The minimum atomic E-state index is -0.885. The van der Waals surface area contributed by atoms with E-state index in [9.17, 15) is 14.7 Å². The molecule has 2 amide bonds. The third kappa shape index (κ3) is 4.67. The van der Waals surface area contributed by atoms with E-state index in [4.69, 9.17) is 4.74 Å². The molecule has 20 heavy (non-hydrogen) atoms. The lowest BCUT2D eigenvalue weighted by atomic mass is 10.1. The Kier molecular flexibility index (Phi) is 4.69. The topological polar surface area (TPSA) is 78.9 Å². The van der Waals surface area contributed by atoms with Crippen molar-refractivity contribution in [1.82, 2.24) is 10.2 Å². The van der Waals surface area contributed by atoms with Gasteiger partial charge in [-0.15, -0.1) is 0 Å². The third-order valence-electron chi connectivity index (χ3n) is 2.76. The van der Waals surface area contributed by atoms with Crippen molar-refractivity contribution in [3.63, 3.8) is 0 Å². The molecule has 0 bridgehead atoms. The van der Waals surface area contributed by atoms with Crippen LogP contribution in [0.2, 0.25) is 0 Å². The van der Waals surface area contributed by atoms with Crippen LogP contribution in [0, 0.1) is 0 Å². The van der Waals surface area contributed by atoms with Gasteiger partial charge in [-0.1, -0.05) is 0 Å². The lowest BCUT2D eigenvalue weighted by Gasteiger charge is -2.31. The van der Waals surface area contributed by atoms with Gasteiger partial charge in [0.2, 0.25) is 5.91 Å². The second kappa shape index (κ2) is 5.60. The summed E-state index contributed by atoms with van der Waals surface area (Å²) in [5, 5.41) is 12.8. The average Bonchev–Trinajstić information content (AvgIpc) is 2.54. The average molecular weight is 286 g/mol. The van der Waals surface area contributed by atoms with Gasteiger partial charge >= 0.3 is 6.09 Å². The third-order valence-corrected chi connectivity index (χ3v) is 2.76. The monoisotopic (exact) mass is 286 g/mol. The van der Waals surface area contributed by atoms with Crippen molar-refractivity contribution in [3.05, 3.63) is 0 Å². The molecular weight excluding hydrogens is 260 g/mol. The summed E-state index contributed by atoms with van der Waals surface area (Å²) in [6.45, 7) is 11.2. The van der Waals surface area contributed by atoms with Crippen LogP contribution in [-0.2, 0) is 9.53 Å². The minimum absolute atomic E-state index is 0.318. The summed E-state index contributed by atoms with van der Waals surface area (Å²) in [4.78, 5) is 25.6. The number of hydrogen-bond donors (Lipinski definition) is 2. The van der Waals surface area contributed by atoms with Crippen LogP contribution in [-0.4, -0.2) is 51.8 Å². The molecule has 1 saturated heterocycles. The van der Waals surface area contributed by atoms with Crippen molar-refractivity contribution in [2.75, 3.05) is 6.54 Å². The molecule has 2 N–H and O–H groups in total. The Morgan fingerprint density at radius 3 is 2.20 bits per heavy atom. The molecule has 116 valence electrons. The molecule has 0 unspecified atom stereocenters. The predicted molar refractivity (Wildman–Crippen MR) is 75.2 cm³/mol. The van der Waals surface area contributed by atoms with E-state index in [1.54, 1.807) is 20.8 Å². The second-order valence-electron chi connectivity index (χ2n) is 7.21. The zero-order valence-corrected chi connectivity index (χ0v) is 13.2. The van der Waals surface area contributed by atoms with Crippen molar-refractivity contribution in [2.45, 2.75) is 71.2 Å². The smallest absolute Gasteiger partial charge is 0.411 e. The summed E-state index contributed by atoms with van der Waals surface area (Å²) >= 11 is 0. The van der Waals surface area contributed by atoms with Gasteiger partial charge in [0.25, 0.3) is 0 Å². The maximum Gasteiger partial charge on any atom is 0.411 e. The van der Waals surface area contributed by atoms with Gasteiger partial charge in [-0.3, -0.25) is 9.69 Å². The van der Waals surface area contributed by atoms with E-state index in [2.05, 4.69) is 5.32 Å². The van der Waals surface area contributed by atoms with Crippen LogP contribution in [0.15, 0.2) is 0 Å². The van der Waals surface area contributed by atoms with Crippen LogP contribution in [0.3, 0.4) is 0 Å². The molecule has 2 atom stereocenters. The molecule has 0 radical (unpaired) electrons. The Labute approximate surface area is 120 Å². The molecule has 0 aromatic carbocycles. The largest absolute Gasteiger partial charge is 0.444 e. The van der Waals surface area contributed by atoms with Crippen molar-refractivity contribution in [3.8, 4) is 0 Å². The fourth-order valence-electron chi connectivity index (χ4n) is 2.06. The van der Waals surface area contributed by atoms with E-state index in [0.29, 0.717) is 13.0 Å². The van der Waals surface area contributed by atoms with Crippen LogP contribution < -0.4 is 5.32 Å². The van der Waals surface area contributed by atoms with E-state index in [1.165, 1.54) is 4.90 Å². The molecule has 0 spiro atoms. The maximum absolute atomic E-state index is 12.2. The molecule has 0 aromatic rings. The number of rotatable bonds is 1. The number of likely N-dealkylation sites (tertiary alicyclic amines) is 1. The van der Waals surface area contributed by atoms with Crippen molar-refractivity contribution < 1.29 is 19.4 Å². The lowest BCUT2D eigenvalue weighted by Crippen LogP contribution is -2.55. The van der Waals surface area contributed by atoms with Gasteiger partial charge in [0.15, 0.2) is 0 Å². The number of carbonyl (C=O) groups is 2. The molecule has 1 fully saturated rings. The first-order chi connectivity index (χ1) is 8.91. The molecule has 1 aliphatic rings. The summed E-state index contributed by atoms with van der Waals surface area (Å²) < 4.78 is 5.28. The van der Waals surface area contributed by atoms with E-state index < -0.39 is 29.4 Å². The Balaban J connectivity index is 2.81. The van der Waals surface area contributed by atoms with Crippen LogP contribution in [0.1, 0.15) is 48.0 Å². The van der Waals surface area contributed by atoms with Crippen molar-refractivity contribution in [2.24, 2.45) is 0 Å². The predicted octanol–water partition coefficient (Wildman–Crippen LogP) is 1.27. The quantitative estimate of drug-likeness (QED) is 0.761. The van der Waals surface area contributed by atoms with Gasteiger partial charge in [-0.25, -0.2) is 4.79 Å². The summed E-state index contributed by atoms with van der Waals surface area (Å²) in [6, 6.07) is -0.885. The minimum Gasteiger partial charge on any atom is -0.444 e. The fraction of sp³-hybridized carbons (Fsp3) is 0.857. The first kappa shape index (κ1) is 16.8.